The number of nitrogens with one attached hydrogen (secondary N) is 2. The molecule has 0 aliphatic carbocycles. The molecule has 196 valence electrons. The van der Waals surface area contributed by atoms with Gasteiger partial charge in [0.25, 0.3) is 0 Å². The normalized spacial score (nSPS) is 17.5. The van der Waals surface area contributed by atoms with Crippen LogP contribution in [-0.4, -0.2) is 108 Å². The summed E-state index contributed by atoms with van der Waals surface area (Å²) in [4.78, 5) is 20.7. The molecule has 10 heteroatoms. The van der Waals surface area contributed by atoms with Gasteiger partial charge in [0, 0.05) is 52.4 Å². The maximum atomic E-state index is 5.56. The zero-order valence-electron chi connectivity index (χ0n) is 21.3. The summed E-state index contributed by atoms with van der Waals surface area (Å²) >= 11 is 0. The second-order valence-electron chi connectivity index (χ2n) is 9.67. The fourth-order valence-electron chi connectivity index (χ4n) is 5.09. The molecule has 0 radical (unpaired) electrons. The average molecular weight is 505 g/mol. The minimum absolute atomic E-state index is 0.643. The predicted octanol–water partition coefficient (Wildman–Crippen LogP) is 2.45. The van der Waals surface area contributed by atoms with Crippen molar-refractivity contribution in [2.75, 3.05) is 89.0 Å². The number of morpholine rings is 2. The van der Waals surface area contributed by atoms with Gasteiger partial charge in [-0.3, -0.25) is 14.4 Å². The first kappa shape index (κ1) is 24.2. The fraction of sp³-hybridized carbons (Fsp3) is 0.481. The van der Waals surface area contributed by atoms with Gasteiger partial charge in [0.15, 0.2) is 0 Å². The lowest BCUT2D eigenvalue weighted by atomic mass is 10.3. The molecule has 0 bridgehead atoms. The highest BCUT2D eigenvalue weighted by molar-refractivity contribution is 5.79. The van der Waals surface area contributed by atoms with Crippen molar-refractivity contribution < 1.29 is 9.47 Å². The number of imidazole rings is 2. The van der Waals surface area contributed by atoms with Gasteiger partial charge in [-0.05, 0) is 24.3 Å². The molecular weight excluding hydrogens is 468 g/mol. The summed E-state index contributed by atoms with van der Waals surface area (Å²) in [6.07, 6.45) is 0. The van der Waals surface area contributed by atoms with Crippen molar-refractivity contribution in [1.82, 2.24) is 29.3 Å². The van der Waals surface area contributed by atoms with Crippen molar-refractivity contribution in [3.05, 3.63) is 48.5 Å². The highest BCUT2D eigenvalue weighted by Gasteiger charge is 2.19. The number of aromatic amines is 1. The molecule has 10 nitrogen and oxygen atoms in total. The molecule has 2 aliphatic rings. The molecule has 2 aromatic carbocycles. The summed E-state index contributed by atoms with van der Waals surface area (Å²) < 4.78 is 13.3. The molecule has 2 N–H and O–H groups in total. The van der Waals surface area contributed by atoms with Crippen molar-refractivity contribution in [3.8, 4) is 0 Å². The van der Waals surface area contributed by atoms with Gasteiger partial charge in [0.05, 0.1) is 48.5 Å². The summed E-state index contributed by atoms with van der Waals surface area (Å²) in [5, 5.41) is 3.62. The van der Waals surface area contributed by atoms with E-state index in [9.17, 15) is 0 Å². The van der Waals surface area contributed by atoms with Gasteiger partial charge < -0.3 is 24.7 Å². The smallest absolute Gasteiger partial charge is 0.205 e. The Kier molecular flexibility index (Phi) is 7.50. The summed E-state index contributed by atoms with van der Waals surface area (Å²) in [5.74, 6) is 1.77. The third-order valence-corrected chi connectivity index (χ3v) is 7.25. The van der Waals surface area contributed by atoms with E-state index < -0.39 is 0 Å². The Labute approximate surface area is 217 Å². The minimum atomic E-state index is 0.643. The Balaban J connectivity index is 1.25. The molecule has 37 heavy (non-hydrogen) atoms. The van der Waals surface area contributed by atoms with Crippen LogP contribution in [0.1, 0.15) is 0 Å². The van der Waals surface area contributed by atoms with E-state index in [0.29, 0.717) is 6.67 Å². The molecule has 0 atom stereocenters. The summed E-state index contributed by atoms with van der Waals surface area (Å²) in [6.45, 7) is 11.4. The lowest BCUT2D eigenvalue weighted by Gasteiger charge is -2.30. The van der Waals surface area contributed by atoms with Gasteiger partial charge in [-0.2, -0.15) is 0 Å². The molecule has 2 aliphatic heterocycles. The van der Waals surface area contributed by atoms with Crippen LogP contribution < -0.4 is 10.2 Å². The number of para-hydroxylation sites is 4. The second kappa shape index (κ2) is 11.5. The van der Waals surface area contributed by atoms with Crippen molar-refractivity contribution in [2.24, 2.45) is 0 Å². The standard InChI is InChI=1S/C27H36N8O2/c1-2-6-23-22(5-1)29-27(30-23)34(12-11-33-15-19-37-20-16-33)21-35-25-8-4-3-7-24(25)31-26(35)28-9-10-32-13-17-36-18-14-32/h1-8H,9-21H2,(H,28,31)(H,29,30). The highest BCUT2D eigenvalue weighted by Crippen LogP contribution is 2.23. The largest absolute Gasteiger partial charge is 0.379 e. The van der Waals surface area contributed by atoms with Crippen LogP contribution in [0.3, 0.4) is 0 Å². The van der Waals surface area contributed by atoms with Crippen LogP contribution >= 0.6 is 0 Å². The first-order valence-electron chi connectivity index (χ1n) is 13.3. The highest BCUT2D eigenvalue weighted by atomic mass is 16.5. The summed E-state index contributed by atoms with van der Waals surface area (Å²) in [6, 6.07) is 16.6. The van der Waals surface area contributed by atoms with Crippen LogP contribution in [-0.2, 0) is 16.1 Å². The Morgan fingerprint density at radius 3 is 2.24 bits per heavy atom. The van der Waals surface area contributed by atoms with Crippen LogP contribution in [0.5, 0.6) is 0 Å². The first-order valence-corrected chi connectivity index (χ1v) is 13.3. The third kappa shape index (κ3) is 5.72. The number of hydrogen-bond acceptors (Lipinski definition) is 8. The number of fused-ring (bicyclic) bond motifs is 2. The van der Waals surface area contributed by atoms with E-state index in [1.54, 1.807) is 0 Å². The number of ether oxygens (including phenoxy) is 2. The van der Waals surface area contributed by atoms with Crippen LogP contribution in [0.4, 0.5) is 11.9 Å². The molecular formula is C27H36N8O2. The molecule has 4 aromatic rings. The Bertz CT molecular complexity index is 1260. The van der Waals surface area contributed by atoms with E-state index in [4.69, 9.17) is 19.4 Å². The van der Waals surface area contributed by atoms with Crippen LogP contribution in [0, 0.1) is 0 Å². The maximum absolute atomic E-state index is 5.56. The van der Waals surface area contributed by atoms with Gasteiger partial charge in [0.1, 0.15) is 6.67 Å². The molecule has 4 heterocycles. The Morgan fingerprint density at radius 1 is 0.811 bits per heavy atom. The van der Waals surface area contributed by atoms with Gasteiger partial charge in [-0.15, -0.1) is 0 Å². The number of rotatable bonds is 10. The zero-order chi connectivity index (χ0) is 24.9. The third-order valence-electron chi connectivity index (χ3n) is 7.25. The van der Waals surface area contributed by atoms with Crippen LogP contribution in [0.2, 0.25) is 0 Å². The van der Waals surface area contributed by atoms with Crippen molar-refractivity contribution in [1.29, 1.82) is 0 Å². The predicted molar refractivity (Wildman–Crippen MR) is 146 cm³/mol. The van der Waals surface area contributed by atoms with Gasteiger partial charge in [-0.25, -0.2) is 9.97 Å². The van der Waals surface area contributed by atoms with Crippen molar-refractivity contribution in [2.45, 2.75) is 6.67 Å². The number of anilines is 2. The number of hydrogen-bond donors (Lipinski definition) is 2. The topological polar surface area (TPSA) is 86.7 Å². The van der Waals surface area contributed by atoms with Crippen LogP contribution in [0.25, 0.3) is 22.1 Å². The lowest BCUT2D eigenvalue weighted by Crippen LogP contribution is -2.42. The summed E-state index contributed by atoms with van der Waals surface area (Å²) in [5.41, 5.74) is 4.14. The zero-order valence-corrected chi connectivity index (χ0v) is 21.3. The molecule has 2 fully saturated rings. The first-order chi connectivity index (χ1) is 18.3. The average Bonchev–Trinajstić information content (AvgIpc) is 3.53. The monoisotopic (exact) mass is 504 g/mol. The van der Waals surface area contributed by atoms with E-state index in [1.807, 2.05) is 18.2 Å². The molecule has 2 saturated heterocycles. The SMILES string of the molecule is c1ccc2[nH]c(N(CCN3CCOCC3)Cn3c(NCCN4CCOCC4)nc4ccccc43)nc2c1. The number of H-pyrrole nitrogens is 1. The molecule has 0 amide bonds. The number of aromatic nitrogens is 4. The molecule has 2 aromatic heterocycles. The quantitative estimate of drug-likeness (QED) is 0.341. The van der Waals surface area contributed by atoms with E-state index in [2.05, 4.69) is 59.9 Å². The van der Waals surface area contributed by atoms with Crippen molar-refractivity contribution >= 4 is 34.0 Å². The van der Waals surface area contributed by atoms with E-state index in [1.165, 1.54) is 0 Å². The van der Waals surface area contributed by atoms with Crippen LogP contribution in [0.15, 0.2) is 48.5 Å². The second-order valence-corrected chi connectivity index (χ2v) is 9.67. The molecule has 0 saturated carbocycles. The maximum Gasteiger partial charge on any atom is 0.205 e. The molecule has 6 rings (SSSR count). The number of benzene rings is 2. The summed E-state index contributed by atoms with van der Waals surface area (Å²) in [7, 11) is 0. The van der Waals surface area contributed by atoms with E-state index in [-0.39, 0.29) is 0 Å². The van der Waals surface area contributed by atoms with E-state index in [0.717, 1.165) is 113 Å². The molecule has 0 unspecified atom stereocenters. The fourth-order valence-corrected chi connectivity index (χ4v) is 5.09. The van der Waals surface area contributed by atoms with E-state index >= 15 is 0 Å². The molecule has 0 spiro atoms. The Morgan fingerprint density at radius 2 is 1.49 bits per heavy atom. The van der Waals surface area contributed by atoms with Crippen molar-refractivity contribution in [3.63, 3.8) is 0 Å². The lowest BCUT2D eigenvalue weighted by molar-refractivity contribution is 0.0390. The Hall–Kier alpha value is -3.18. The minimum Gasteiger partial charge on any atom is -0.379 e. The van der Waals surface area contributed by atoms with Gasteiger partial charge in [-0.1, -0.05) is 24.3 Å². The number of nitrogens with zero attached hydrogens (tertiary/aromatic N) is 6. The van der Waals surface area contributed by atoms with Gasteiger partial charge in [0.2, 0.25) is 11.9 Å². The van der Waals surface area contributed by atoms with Gasteiger partial charge >= 0.3 is 0 Å².